The third-order valence-electron chi connectivity index (χ3n) is 4.55. The van der Waals surface area contributed by atoms with Crippen molar-refractivity contribution in [2.75, 3.05) is 5.32 Å². The maximum absolute atomic E-state index is 12.4. The number of benzene rings is 1. The number of nitrogens with one attached hydrogen (secondary N) is 2. The smallest absolute Gasteiger partial charge is 0.294 e. The van der Waals surface area contributed by atoms with Gasteiger partial charge in [-0.25, -0.2) is 0 Å². The van der Waals surface area contributed by atoms with E-state index in [1.54, 1.807) is 24.4 Å². The largest absolute Gasteiger partial charge is 0.351 e. The number of hydrogen-bond donors (Lipinski definition) is 2. The topological polar surface area (TPSA) is 83.8 Å². The summed E-state index contributed by atoms with van der Waals surface area (Å²) < 4.78 is 5.24. The molecule has 1 amide bonds. The van der Waals surface area contributed by atoms with E-state index in [1.807, 2.05) is 0 Å². The Balaban J connectivity index is 1.52. The molecule has 1 saturated carbocycles. The summed E-state index contributed by atoms with van der Waals surface area (Å²) in [6.07, 6.45) is 7.58. The van der Waals surface area contributed by atoms with Crippen LogP contribution in [0, 0.1) is 0 Å². The fourth-order valence-electron chi connectivity index (χ4n) is 3.23. The molecule has 0 saturated heterocycles. The average molecular weight is 345 g/mol. The van der Waals surface area contributed by atoms with Gasteiger partial charge in [0.25, 0.3) is 5.91 Å². The van der Waals surface area contributed by atoms with E-state index in [0.29, 0.717) is 16.6 Å². The van der Waals surface area contributed by atoms with Crippen LogP contribution in [0.1, 0.15) is 54.3 Å². The van der Waals surface area contributed by atoms with Crippen LogP contribution >= 0.6 is 11.6 Å². The zero-order valence-corrected chi connectivity index (χ0v) is 13.8. The number of carbonyl (C=O) groups is 1. The van der Waals surface area contributed by atoms with Crippen molar-refractivity contribution in [2.24, 2.45) is 0 Å². The molecule has 0 radical (unpaired) electrons. The second-order valence-electron chi connectivity index (χ2n) is 6.19. The first kappa shape index (κ1) is 15.2. The molecule has 6 nitrogen and oxygen atoms in total. The predicted molar refractivity (Wildman–Crippen MR) is 91.4 cm³/mol. The highest BCUT2D eigenvalue weighted by Gasteiger charge is 2.22. The van der Waals surface area contributed by atoms with E-state index in [0.717, 1.165) is 29.4 Å². The first-order valence-electron chi connectivity index (χ1n) is 8.11. The summed E-state index contributed by atoms with van der Waals surface area (Å²) in [5, 5.41) is 15.0. The van der Waals surface area contributed by atoms with Crippen LogP contribution in [0.5, 0.6) is 0 Å². The van der Waals surface area contributed by atoms with E-state index in [2.05, 4.69) is 20.7 Å². The lowest BCUT2D eigenvalue weighted by Gasteiger charge is -2.18. The lowest BCUT2D eigenvalue weighted by Crippen LogP contribution is -2.11. The van der Waals surface area contributed by atoms with Gasteiger partial charge in [-0.15, -0.1) is 0 Å². The molecule has 3 aromatic rings. The van der Waals surface area contributed by atoms with Crippen LogP contribution in [0.4, 0.5) is 5.69 Å². The molecule has 4 rings (SSSR count). The number of hydrogen-bond acceptors (Lipinski definition) is 4. The number of halogens is 1. The molecule has 1 aliphatic rings. The summed E-state index contributed by atoms with van der Waals surface area (Å²) in [4.78, 5) is 12.4. The molecule has 124 valence electrons. The van der Waals surface area contributed by atoms with Crippen molar-refractivity contribution < 1.29 is 9.32 Å². The number of rotatable bonds is 3. The van der Waals surface area contributed by atoms with E-state index in [1.165, 1.54) is 19.3 Å². The highest BCUT2D eigenvalue weighted by molar-refractivity contribution is 6.34. The van der Waals surface area contributed by atoms with Gasteiger partial charge in [0.05, 0.1) is 28.1 Å². The number of aromatic nitrogens is 3. The van der Waals surface area contributed by atoms with Crippen molar-refractivity contribution in [3.05, 3.63) is 40.9 Å². The Morgan fingerprint density at radius 1 is 1.25 bits per heavy atom. The quantitative estimate of drug-likeness (QED) is 0.732. The molecule has 24 heavy (non-hydrogen) atoms. The summed E-state index contributed by atoms with van der Waals surface area (Å²) in [5.41, 5.74) is 2.21. The Labute approximate surface area is 143 Å². The number of aromatic amines is 1. The van der Waals surface area contributed by atoms with Gasteiger partial charge >= 0.3 is 0 Å². The molecular weight excluding hydrogens is 328 g/mol. The third kappa shape index (κ3) is 2.89. The van der Waals surface area contributed by atoms with Crippen molar-refractivity contribution in [1.82, 2.24) is 15.4 Å². The van der Waals surface area contributed by atoms with Gasteiger partial charge in [0.2, 0.25) is 5.76 Å². The number of H-pyrrole nitrogens is 1. The monoisotopic (exact) mass is 344 g/mol. The Hall–Kier alpha value is -2.34. The van der Waals surface area contributed by atoms with Crippen molar-refractivity contribution in [3.63, 3.8) is 0 Å². The Bertz CT molecular complexity index is 880. The van der Waals surface area contributed by atoms with Gasteiger partial charge in [-0.2, -0.15) is 5.10 Å². The second kappa shape index (κ2) is 6.28. The number of amides is 1. The number of anilines is 1. The Kier molecular flexibility index (Phi) is 3.98. The highest BCUT2D eigenvalue weighted by atomic mass is 35.5. The number of carbonyl (C=O) groups excluding carboxylic acids is 1. The maximum Gasteiger partial charge on any atom is 0.294 e. The fourth-order valence-corrected chi connectivity index (χ4v) is 3.44. The molecule has 0 spiro atoms. The zero-order chi connectivity index (χ0) is 16.5. The van der Waals surface area contributed by atoms with Crippen LogP contribution in [0.2, 0.25) is 5.02 Å². The average Bonchev–Trinajstić information content (AvgIpc) is 3.25. The third-order valence-corrected chi connectivity index (χ3v) is 4.86. The first-order valence-corrected chi connectivity index (χ1v) is 8.49. The van der Waals surface area contributed by atoms with Crippen molar-refractivity contribution in [2.45, 2.75) is 38.0 Å². The van der Waals surface area contributed by atoms with Crippen molar-refractivity contribution in [3.8, 4) is 0 Å². The molecule has 1 aromatic carbocycles. The highest BCUT2D eigenvalue weighted by Crippen LogP contribution is 2.32. The summed E-state index contributed by atoms with van der Waals surface area (Å²) in [7, 11) is 0. The molecule has 0 atom stereocenters. The van der Waals surface area contributed by atoms with E-state index < -0.39 is 0 Å². The molecule has 2 aromatic heterocycles. The van der Waals surface area contributed by atoms with Gasteiger partial charge in [0.15, 0.2) is 0 Å². The summed E-state index contributed by atoms with van der Waals surface area (Å²) in [5.74, 6) is 0.253. The molecule has 2 heterocycles. The molecular formula is C17H17ClN4O2. The molecule has 0 unspecified atom stereocenters. The van der Waals surface area contributed by atoms with E-state index in [9.17, 15) is 4.79 Å². The second-order valence-corrected chi connectivity index (χ2v) is 6.60. The molecule has 0 aliphatic heterocycles. The zero-order valence-electron chi connectivity index (χ0n) is 13.0. The van der Waals surface area contributed by atoms with Gasteiger partial charge in [-0.1, -0.05) is 36.0 Å². The fraction of sp³-hybridized carbons (Fsp3) is 0.353. The molecule has 1 fully saturated rings. The SMILES string of the molecule is O=C(Nc1cc2cn[nH]c2cc1Cl)c1cc(C2CCCCC2)no1. The van der Waals surface area contributed by atoms with E-state index >= 15 is 0 Å². The van der Waals surface area contributed by atoms with Gasteiger partial charge in [-0.05, 0) is 25.0 Å². The maximum atomic E-state index is 12.4. The molecule has 0 bridgehead atoms. The van der Waals surface area contributed by atoms with Crippen LogP contribution in [0.3, 0.4) is 0 Å². The van der Waals surface area contributed by atoms with E-state index in [-0.39, 0.29) is 11.7 Å². The van der Waals surface area contributed by atoms with Crippen LogP contribution in [-0.4, -0.2) is 21.3 Å². The van der Waals surface area contributed by atoms with Gasteiger partial charge < -0.3 is 9.84 Å². The van der Waals surface area contributed by atoms with Gasteiger partial charge in [0, 0.05) is 17.4 Å². The molecule has 2 N–H and O–H groups in total. The predicted octanol–water partition coefficient (Wildman–Crippen LogP) is 4.50. The van der Waals surface area contributed by atoms with Gasteiger partial charge in [0.1, 0.15) is 0 Å². The van der Waals surface area contributed by atoms with Gasteiger partial charge in [-0.3, -0.25) is 9.89 Å². The number of nitrogens with zero attached hydrogens (tertiary/aromatic N) is 2. The minimum Gasteiger partial charge on any atom is -0.351 e. The minimum absolute atomic E-state index is 0.207. The first-order chi connectivity index (χ1) is 11.7. The Morgan fingerprint density at radius 3 is 2.92 bits per heavy atom. The van der Waals surface area contributed by atoms with Crippen molar-refractivity contribution >= 4 is 34.1 Å². The lowest BCUT2D eigenvalue weighted by atomic mass is 9.87. The van der Waals surface area contributed by atoms with Crippen LogP contribution in [0.15, 0.2) is 28.9 Å². The van der Waals surface area contributed by atoms with Crippen LogP contribution < -0.4 is 5.32 Å². The Morgan fingerprint density at radius 2 is 2.08 bits per heavy atom. The standard InChI is InChI=1S/C17H17ClN4O2/c18-12-7-13-11(9-19-21-13)6-15(12)20-17(23)16-8-14(22-24-16)10-4-2-1-3-5-10/h6-10H,1-5H2,(H,19,21)(H,20,23). The van der Waals surface area contributed by atoms with Crippen LogP contribution in [-0.2, 0) is 0 Å². The van der Waals surface area contributed by atoms with Crippen LogP contribution in [0.25, 0.3) is 10.9 Å². The minimum atomic E-state index is -0.352. The number of fused-ring (bicyclic) bond motifs is 1. The summed E-state index contributed by atoms with van der Waals surface area (Å²) >= 11 is 6.21. The van der Waals surface area contributed by atoms with E-state index in [4.69, 9.17) is 16.1 Å². The lowest BCUT2D eigenvalue weighted by molar-refractivity contribution is 0.0987. The summed E-state index contributed by atoms with van der Waals surface area (Å²) in [6.45, 7) is 0. The normalized spacial score (nSPS) is 15.7. The molecule has 7 heteroatoms. The summed E-state index contributed by atoms with van der Waals surface area (Å²) in [6, 6.07) is 5.25. The van der Waals surface area contributed by atoms with Crippen molar-refractivity contribution in [1.29, 1.82) is 0 Å². The molecule has 1 aliphatic carbocycles.